The highest BCUT2D eigenvalue weighted by atomic mass is 16.5. The maximum atomic E-state index is 10.1. The molecule has 0 bridgehead atoms. The molecule has 23 heavy (non-hydrogen) atoms. The zero-order valence-corrected chi connectivity index (χ0v) is 15.1. The maximum Gasteiger partial charge on any atom is 0.128 e. The molecule has 0 rings (SSSR count). The molecule has 3 atom stereocenters. The molecule has 140 valence electrons. The van der Waals surface area contributed by atoms with E-state index in [2.05, 4.69) is 10.6 Å². The Morgan fingerprint density at radius 3 is 1.78 bits per heavy atom. The van der Waals surface area contributed by atoms with Crippen molar-refractivity contribution < 1.29 is 29.5 Å². The van der Waals surface area contributed by atoms with Crippen LogP contribution < -0.4 is 10.6 Å². The molecule has 0 aliphatic carbocycles. The molecule has 0 fully saturated rings. The summed E-state index contributed by atoms with van der Waals surface area (Å²) in [5.74, 6) is -0.0427. The second kappa shape index (κ2) is 10.5. The van der Waals surface area contributed by atoms with E-state index < -0.39 is 23.5 Å². The Kier molecular flexibility index (Phi) is 10.4. The highest BCUT2D eigenvalue weighted by Crippen LogP contribution is 2.18. The summed E-state index contributed by atoms with van der Waals surface area (Å²) in [5, 5.41) is 35.8. The molecule has 8 nitrogen and oxygen atoms in total. The average molecular weight is 338 g/mol. The maximum absolute atomic E-state index is 10.1. The first kappa shape index (κ1) is 22.7. The molecule has 8 heteroatoms. The molecule has 0 amide bonds. The van der Waals surface area contributed by atoms with Gasteiger partial charge in [0.05, 0.1) is 37.5 Å². The van der Waals surface area contributed by atoms with E-state index in [4.69, 9.17) is 14.2 Å². The van der Waals surface area contributed by atoms with Crippen LogP contribution in [0.25, 0.3) is 0 Å². The van der Waals surface area contributed by atoms with E-state index in [0.29, 0.717) is 0 Å². The fourth-order valence-electron chi connectivity index (χ4n) is 2.28. The SMILES string of the molecule is COCC(CO)(COC)NC(OC)C(C)(CO)NC(O)C(C)C. The van der Waals surface area contributed by atoms with Gasteiger partial charge in [0, 0.05) is 21.3 Å². The van der Waals surface area contributed by atoms with Gasteiger partial charge in [-0.2, -0.15) is 0 Å². The minimum absolute atomic E-state index is 0.0427. The molecule has 0 radical (unpaired) electrons. The lowest BCUT2D eigenvalue weighted by atomic mass is 9.95. The Balaban J connectivity index is 5.32. The van der Waals surface area contributed by atoms with Gasteiger partial charge in [0.15, 0.2) is 0 Å². The standard InChI is InChI=1S/C15H34N2O6/c1-11(2)12(20)16-14(3,7-18)13(23-6)17-15(8-19,9-21-4)10-22-5/h11-13,16-20H,7-10H2,1-6H3. The van der Waals surface area contributed by atoms with Crippen molar-refractivity contribution in [2.45, 2.75) is 44.3 Å². The van der Waals surface area contributed by atoms with E-state index in [9.17, 15) is 15.3 Å². The summed E-state index contributed by atoms with van der Waals surface area (Å²) in [6.07, 6.45) is -1.53. The minimum Gasteiger partial charge on any atom is -0.394 e. The van der Waals surface area contributed by atoms with Gasteiger partial charge in [0.25, 0.3) is 0 Å². The smallest absolute Gasteiger partial charge is 0.128 e. The van der Waals surface area contributed by atoms with Crippen LogP contribution in [0.15, 0.2) is 0 Å². The van der Waals surface area contributed by atoms with E-state index in [0.717, 1.165) is 0 Å². The number of rotatable bonds is 13. The molecule has 0 saturated heterocycles. The first-order valence-corrected chi connectivity index (χ1v) is 7.70. The zero-order valence-electron chi connectivity index (χ0n) is 15.1. The fourth-order valence-corrected chi connectivity index (χ4v) is 2.28. The number of methoxy groups -OCH3 is 3. The lowest BCUT2D eigenvalue weighted by molar-refractivity contribution is -0.0945. The summed E-state index contributed by atoms with van der Waals surface area (Å²) in [5.41, 5.74) is -1.88. The van der Waals surface area contributed by atoms with Gasteiger partial charge in [0.2, 0.25) is 0 Å². The molecule has 0 heterocycles. The van der Waals surface area contributed by atoms with Gasteiger partial charge >= 0.3 is 0 Å². The van der Waals surface area contributed by atoms with Crippen LogP contribution in [0, 0.1) is 5.92 Å². The summed E-state index contributed by atoms with van der Waals surface area (Å²) in [6, 6.07) is 0. The Labute approximate surface area is 139 Å². The molecule has 0 aliphatic heterocycles. The zero-order chi connectivity index (χ0) is 18.1. The van der Waals surface area contributed by atoms with Gasteiger partial charge in [-0.25, -0.2) is 0 Å². The monoisotopic (exact) mass is 338 g/mol. The minimum atomic E-state index is -0.986. The Bertz CT molecular complexity index is 312. The average Bonchev–Trinajstić information content (AvgIpc) is 2.52. The highest BCUT2D eigenvalue weighted by Gasteiger charge is 2.42. The summed E-state index contributed by atoms with van der Waals surface area (Å²) in [6.45, 7) is 5.28. The molecule has 0 saturated carbocycles. The molecule has 0 spiro atoms. The lowest BCUT2D eigenvalue weighted by Gasteiger charge is -2.44. The Morgan fingerprint density at radius 2 is 1.48 bits per heavy atom. The van der Waals surface area contributed by atoms with Crippen LogP contribution in [0.4, 0.5) is 0 Å². The number of hydrogen-bond donors (Lipinski definition) is 5. The largest absolute Gasteiger partial charge is 0.394 e. The molecule has 0 aliphatic rings. The molecule has 0 aromatic rings. The van der Waals surface area contributed by atoms with Crippen LogP contribution in [0.2, 0.25) is 0 Å². The van der Waals surface area contributed by atoms with Crippen molar-refractivity contribution in [3.8, 4) is 0 Å². The molecule has 3 unspecified atom stereocenters. The predicted molar refractivity (Wildman–Crippen MR) is 87.0 cm³/mol. The quantitative estimate of drug-likeness (QED) is 0.269. The van der Waals surface area contributed by atoms with E-state index in [1.165, 1.54) is 21.3 Å². The Hall–Kier alpha value is -0.320. The number of aliphatic hydroxyl groups excluding tert-OH is 3. The van der Waals surface area contributed by atoms with Crippen LogP contribution >= 0.6 is 0 Å². The first-order valence-electron chi connectivity index (χ1n) is 7.70. The molecule has 0 aromatic carbocycles. The summed E-state index contributed by atoms with van der Waals surface area (Å²) in [4.78, 5) is 0. The van der Waals surface area contributed by atoms with Crippen molar-refractivity contribution in [3.05, 3.63) is 0 Å². The van der Waals surface area contributed by atoms with E-state index in [1.54, 1.807) is 6.92 Å². The first-order chi connectivity index (χ1) is 10.7. The fraction of sp³-hybridized carbons (Fsp3) is 1.00. The predicted octanol–water partition coefficient (Wildman–Crippen LogP) is -1.11. The third kappa shape index (κ3) is 6.60. The van der Waals surface area contributed by atoms with Gasteiger partial charge in [-0.05, 0) is 12.8 Å². The van der Waals surface area contributed by atoms with Crippen LogP contribution in [0.1, 0.15) is 20.8 Å². The number of ether oxygens (including phenoxy) is 3. The van der Waals surface area contributed by atoms with Gasteiger partial charge in [-0.15, -0.1) is 0 Å². The molecule has 0 aromatic heterocycles. The number of hydrogen-bond acceptors (Lipinski definition) is 8. The third-order valence-corrected chi connectivity index (χ3v) is 3.83. The van der Waals surface area contributed by atoms with Crippen molar-refractivity contribution >= 4 is 0 Å². The second-order valence-electron chi connectivity index (χ2n) is 6.47. The molecular weight excluding hydrogens is 304 g/mol. The Morgan fingerprint density at radius 1 is 0.957 bits per heavy atom. The van der Waals surface area contributed by atoms with Crippen LogP contribution in [0.3, 0.4) is 0 Å². The second-order valence-corrected chi connectivity index (χ2v) is 6.47. The van der Waals surface area contributed by atoms with Gasteiger partial charge in [0.1, 0.15) is 12.5 Å². The van der Waals surface area contributed by atoms with Gasteiger partial charge in [-0.1, -0.05) is 13.8 Å². The van der Waals surface area contributed by atoms with Crippen LogP contribution in [0.5, 0.6) is 0 Å². The molecule has 5 N–H and O–H groups in total. The van der Waals surface area contributed by atoms with Crippen LogP contribution in [-0.2, 0) is 14.2 Å². The van der Waals surface area contributed by atoms with Crippen molar-refractivity contribution in [2.75, 3.05) is 47.8 Å². The normalized spacial score (nSPS) is 18.0. The third-order valence-electron chi connectivity index (χ3n) is 3.83. The van der Waals surface area contributed by atoms with Crippen molar-refractivity contribution in [1.82, 2.24) is 10.6 Å². The van der Waals surface area contributed by atoms with E-state index >= 15 is 0 Å². The number of nitrogens with one attached hydrogen (secondary N) is 2. The van der Waals surface area contributed by atoms with Crippen molar-refractivity contribution in [1.29, 1.82) is 0 Å². The van der Waals surface area contributed by atoms with E-state index in [1.807, 2.05) is 13.8 Å². The van der Waals surface area contributed by atoms with Crippen molar-refractivity contribution in [2.24, 2.45) is 5.92 Å². The summed E-state index contributed by atoms with van der Waals surface area (Å²) in [7, 11) is 4.53. The highest BCUT2D eigenvalue weighted by molar-refractivity contribution is 4.98. The van der Waals surface area contributed by atoms with Crippen LogP contribution in [-0.4, -0.2) is 86.6 Å². The topological polar surface area (TPSA) is 112 Å². The lowest BCUT2D eigenvalue weighted by Crippen LogP contribution is -2.70. The van der Waals surface area contributed by atoms with Gasteiger partial charge in [-0.3, -0.25) is 10.6 Å². The summed E-state index contributed by atoms with van der Waals surface area (Å²) < 4.78 is 15.8. The number of aliphatic hydroxyl groups is 3. The summed E-state index contributed by atoms with van der Waals surface area (Å²) >= 11 is 0. The van der Waals surface area contributed by atoms with E-state index in [-0.39, 0.29) is 32.3 Å². The van der Waals surface area contributed by atoms with Crippen molar-refractivity contribution in [3.63, 3.8) is 0 Å². The molecular formula is C15H34N2O6. The van der Waals surface area contributed by atoms with Gasteiger partial charge < -0.3 is 29.5 Å².